The van der Waals surface area contributed by atoms with Crippen LogP contribution in [0.5, 0.6) is 0 Å². The monoisotopic (exact) mass is 353 g/mol. The molecule has 118 valence electrons. The van der Waals surface area contributed by atoms with Gasteiger partial charge in [0.1, 0.15) is 10.7 Å². The van der Waals surface area contributed by atoms with Gasteiger partial charge in [0.25, 0.3) is 10.0 Å². The van der Waals surface area contributed by atoms with Crippen molar-refractivity contribution in [3.8, 4) is 0 Å². The summed E-state index contributed by atoms with van der Waals surface area (Å²) in [7, 11) is -4.14. The molecule has 0 aliphatic rings. The maximum absolute atomic E-state index is 12.9. The Balaban J connectivity index is 2.29. The Bertz CT molecular complexity index is 789. The van der Waals surface area contributed by atoms with E-state index < -0.39 is 27.6 Å². The summed E-state index contributed by atoms with van der Waals surface area (Å²) < 4.78 is 76.4. The van der Waals surface area contributed by atoms with Crippen LogP contribution in [-0.2, 0) is 16.2 Å². The molecular weight excluding hydrogens is 346 g/mol. The molecule has 2 aromatic carbocycles. The van der Waals surface area contributed by atoms with Crippen molar-refractivity contribution in [1.29, 1.82) is 0 Å². The molecule has 0 atom stereocenters. The zero-order valence-electron chi connectivity index (χ0n) is 10.7. The van der Waals surface area contributed by atoms with Crippen molar-refractivity contribution in [1.82, 2.24) is 0 Å². The molecule has 0 heterocycles. The van der Waals surface area contributed by atoms with Crippen molar-refractivity contribution in [3.63, 3.8) is 0 Å². The smallest absolute Gasteiger partial charge is 0.280 e. The molecule has 0 aromatic heterocycles. The summed E-state index contributed by atoms with van der Waals surface area (Å²) in [4.78, 5) is -0.379. The number of halogens is 5. The molecule has 22 heavy (non-hydrogen) atoms. The lowest BCUT2D eigenvalue weighted by Gasteiger charge is -2.11. The lowest BCUT2D eigenvalue weighted by Crippen LogP contribution is -2.14. The highest BCUT2D eigenvalue weighted by Gasteiger charge is 2.30. The second-order valence-electron chi connectivity index (χ2n) is 4.26. The minimum absolute atomic E-state index is 0.0756. The molecule has 3 nitrogen and oxygen atoms in total. The van der Waals surface area contributed by atoms with Gasteiger partial charge >= 0.3 is 6.18 Å². The molecule has 0 aliphatic carbocycles. The normalized spacial score (nSPS) is 12.2. The summed E-state index contributed by atoms with van der Waals surface area (Å²) in [6, 6.07) is 6.12. The Kier molecular flexibility index (Phi) is 4.35. The second-order valence-corrected chi connectivity index (χ2v) is 6.31. The van der Waals surface area contributed by atoms with Gasteiger partial charge in [-0.3, -0.25) is 4.72 Å². The third kappa shape index (κ3) is 3.69. The van der Waals surface area contributed by atoms with Crippen LogP contribution >= 0.6 is 11.6 Å². The number of benzene rings is 2. The van der Waals surface area contributed by atoms with Crippen molar-refractivity contribution in [2.24, 2.45) is 0 Å². The fourth-order valence-electron chi connectivity index (χ4n) is 1.63. The van der Waals surface area contributed by atoms with Crippen LogP contribution in [0.3, 0.4) is 0 Å². The molecule has 0 saturated carbocycles. The van der Waals surface area contributed by atoms with Gasteiger partial charge < -0.3 is 0 Å². The standard InChI is InChI=1S/C13H8ClF4NO2S/c14-11-7-9(15)3-6-12(11)22(20,21)19-10-4-1-8(2-5-10)13(16,17)18/h1-7,19H. The van der Waals surface area contributed by atoms with Crippen LogP contribution in [0.4, 0.5) is 23.2 Å². The van der Waals surface area contributed by atoms with Crippen LogP contribution < -0.4 is 4.72 Å². The SMILES string of the molecule is O=S(=O)(Nc1ccc(C(F)(F)F)cc1)c1ccc(F)cc1Cl. The van der Waals surface area contributed by atoms with Gasteiger partial charge in [-0.2, -0.15) is 13.2 Å². The van der Waals surface area contributed by atoms with Gasteiger partial charge in [0.05, 0.1) is 10.6 Å². The predicted octanol–water partition coefficient (Wildman–Crippen LogP) is 4.30. The molecule has 0 fully saturated rings. The average molecular weight is 354 g/mol. The first-order valence-electron chi connectivity index (χ1n) is 5.75. The van der Waals surface area contributed by atoms with Crippen molar-refractivity contribution >= 4 is 27.3 Å². The van der Waals surface area contributed by atoms with E-state index in [1.165, 1.54) is 0 Å². The molecule has 0 unspecified atom stereocenters. The average Bonchev–Trinajstić information content (AvgIpc) is 2.37. The number of alkyl halides is 3. The first-order valence-corrected chi connectivity index (χ1v) is 7.61. The van der Waals surface area contributed by atoms with E-state index >= 15 is 0 Å². The highest BCUT2D eigenvalue weighted by atomic mass is 35.5. The summed E-state index contributed by atoms with van der Waals surface area (Å²) in [6.07, 6.45) is -4.52. The molecular formula is C13H8ClF4NO2S. The first kappa shape index (κ1) is 16.6. The van der Waals surface area contributed by atoms with Crippen LogP contribution in [0.2, 0.25) is 5.02 Å². The number of anilines is 1. The summed E-state index contributed by atoms with van der Waals surface area (Å²) in [5.41, 5.74) is -0.983. The van der Waals surface area contributed by atoms with Crippen LogP contribution in [0.25, 0.3) is 0 Å². The number of nitrogens with one attached hydrogen (secondary N) is 1. The minimum atomic E-state index is -4.52. The molecule has 1 N–H and O–H groups in total. The van der Waals surface area contributed by atoms with E-state index in [9.17, 15) is 26.0 Å². The van der Waals surface area contributed by atoms with Crippen molar-refractivity contribution in [2.75, 3.05) is 4.72 Å². The van der Waals surface area contributed by atoms with Gasteiger partial charge in [-0.25, -0.2) is 12.8 Å². The minimum Gasteiger partial charge on any atom is -0.280 e. The molecule has 2 aromatic rings. The molecule has 0 amide bonds. The fourth-order valence-corrected chi connectivity index (χ4v) is 3.22. The van der Waals surface area contributed by atoms with Gasteiger partial charge in [0, 0.05) is 5.69 Å². The molecule has 0 spiro atoms. The summed E-state index contributed by atoms with van der Waals surface area (Å²) in [5, 5.41) is -0.334. The van der Waals surface area contributed by atoms with Crippen LogP contribution in [0.1, 0.15) is 5.56 Å². The van der Waals surface area contributed by atoms with Gasteiger partial charge in [0.15, 0.2) is 0 Å². The Hall–Kier alpha value is -1.80. The Morgan fingerprint density at radius 2 is 1.59 bits per heavy atom. The Labute approximate surface area is 128 Å². The van der Waals surface area contributed by atoms with E-state index in [1.807, 2.05) is 0 Å². The van der Waals surface area contributed by atoms with E-state index in [0.29, 0.717) is 0 Å². The lowest BCUT2D eigenvalue weighted by molar-refractivity contribution is -0.137. The number of hydrogen-bond donors (Lipinski definition) is 1. The molecule has 9 heteroatoms. The highest BCUT2D eigenvalue weighted by molar-refractivity contribution is 7.92. The summed E-state index contributed by atoms with van der Waals surface area (Å²) in [6.45, 7) is 0. The lowest BCUT2D eigenvalue weighted by atomic mass is 10.2. The predicted molar refractivity (Wildman–Crippen MR) is 73.7 cm³/mol. The van der Waals surface area contributed by atoms with Gasteiger partial charge in [-0.05, 0) is 42.5 Å². The van der Waals surface area contributed by atoms with Crippen LogP contribution in [0.15, 0.2) is 47.4 Å². The quantitative estimate of drug-likeness (QED) is 0.836. The molecule has 0 aliphatic heterocycles. The second kappa shape index (κ2) is 5.77. The topological polar surface area (TPSA) is 46.2 Å². The summed E-state index contributed by atoms with van der Waals surface area (Å²) in [5.74, 6) is -0.710. The van der Waals surface area contributed by atoms with E-state index in [1.54, 1.807) is 0 Å². The number of sulfonamides is 1. The van der Waals surface area contributed by atoms with Crippen molar-refractivity contribution in [2.45, 2.75) is 11.1 Å². The third-order valence-electron chi connectivity index (χ3n) is 2.65. The van der Waals surface area contributed by atoms with Gasteiger partial charge in [-0.1, -0.05) is 11.6 Å². The fraction of sp³-hybridized carbons (Fsp3) is 0.0769. The highest BCUT2D eigenvalue weighted by Crippen LogP contribution is 2.30. The van der Waals surface area contributed by atoms with Gasteiger partial charge in [0.2, 0.25) is 0 Å². The molecule has 0 radical (unpaired) electrons. The largest absolute Gasteiger partial charge is 0.416 e. The maximum atomic E-state index is 12.9. The number of hydrogen-bond acceptors (Lipinski definition) is 2. The van der Waals surface area contributed by atoms with Crippen molar-refractivity contribution < 1.29 is 26.0 Å². The van der Waals surface area contributed by atoms with Crippen LogP contribution in [0, 0.1) is 5.82 Å². The number of rotatable bonds is 3. The molecule has 2 rings (SSSR count). The van der Waals surface area contributed by atoms with Crippen LogP contribution in [-0.4, -0.2) is 8.42 Å². The first-order chi connectivity index (χ1) is 10.1. The van der Waals surface area contributed by atoms with Crippen molar-refractivity contribution in [3.05, 3.63) is 58.9 Å². The van der Waals surface area contributed by atoms with E-state index in [0.717, 1.165) is 42.5 Å². The third-order valence-corrected chi connectivity index (χ3v) is 4.51. The molecule has 0 saturated heterocycles. The maximum Gasteiger partial charge on any atom is 0.416 e. The molecule has 0 bridgehead atoms. The Morgan fingerprint density at radius 3 is 2.09 bits per heavy atom. The van der Waals surface area contributed by atoms with E-state index in [4.69, 9.17) is 11.6 Å². The Morgan fingerprint density at radius 1 is 1.00 bits per heavy atom. The summed E-state index contributed by atoms with van der Waals surface area (Å²) >= 11 is 5.66. The van der Waals surface area contributed by atoms with Gasteiger partial charge in [-0.15, -0.1) is 0 Å². The zero-order chi connectivity index (χ0) is 16.5. The van der Waals surface area contributed by atoms with E-state index in [2.05, 4.69) is 4.72 Å². The zero-order valence-corrected chi connectivity index (χ0v) is 12.2. The van der Waals surface area contributed by atoms with E-state index in [-0.39, 0.29) is 15.6 Å².